The maximum Gasteiger partial charge on any atom is 0.250 e. The number of amides is 1. The molecule has 0 radical (unpaired) electrons. The van der Waals surface area contributed by atoms with Gasteiger partial charge in [0.2, 0.25) is 5.91 Å². The molecule has 0 spiro atoms. The van der Waals surface area contributed by atoms with Crippen LogP contribution in [0.3, 0.4) is 0 Å². The van der Waals surface area contributed by atoms with Crippen LogP contribution in [0.2, 0.25) is 0 Å². The molecule has 1 aliphatic heterocycles. The molecule has 3 heteroatoms. The molecule has 11 heavy (non-hydrogen) atoms. The fourth-order valence-electron chi connectivity index (χ4n) is 1.37. The number of carbonyl (C=O) groups is 1. The van der Waals surface area contributed by atoms with Gasteiger partial charge in [0.1, 0.15) is 0 Å². The topological polar surface area (TPSA) is 24.8 Å². The number of hydrogen-bond acceptors (Lipinski definition) is 1. The fraction of sp³-hybridized carbons (Fsp3) is 0.625. The zero-order valence-electron chi connectivity index (χ0n) is 7.13. The van der Waals surface area contributed by atoms with Crippen LogP contribution in [0.15, 0.2) is 12.7 Å². The number of hydrogen-bond donors (Lipinski definition) is 1. The van der Waals surface area contributed by atoms with E-state index in [2.05, 4.69) is 20.7 Å². The van der Waals surface area contributed by atoms with Crippen LogP contribution in [0.5, 0.6) is 0 Å². The molecule has 62 valence electrons. The first kappa shape index (κ1) is 8.27. The Morgan fingerprint density at radius 1 is 1.73 bits per heavy atom. The van der Waals surface area contributed by atoms with Crippen LogP contribution in [0.25, 0.3) is 0 Å². The summed E-state index contributed by atoms with van der Waals surface area (Å²) in [4.78, 5) is 14.3. The van der Waals surface area contributed by atoms with Crippen LogP contribution in [0.1, 0.15) is 6.42 Å². The van der Waals surface area contributed by atoms with Crippen LogP contribution < -0.4 is 4.90 Å². The second-order valence-corrected chi connectivity index (χ2v) is 3.12. The predicted molar refractivity (Wildman–Crippen MR) is 43.1 cm³/mol. The van der Waals surface area contributed by atoms with E-state index in [1.54, 1.807) is 0 Å². The summed E-state index contributed by atoms with van der Waals surface area (Å²) in [6.07, 6.45) is 2.87. The van der Waals surface area contributed by atoms with Gasteiger partial charge in [-0.3, -0.25) is 9.69 Å². The van der Waals surface area contributed by atoms with Crippen LogP contribution in [-0.4, -0.2) is 37.6 Å². The van der Waals surface area contributed by atoms with Gasteiger partial charge in [-0.25, -0.2) is 0 Å². The van der Waals surface area contributed by atoms with E-state index in [0.29, 0.717) is 6.17 Å². The average Bonchev–Trinajstić information content (AvgIpc) is 1.83. The Kier molecular flexibility index (Phi) is 2.29. The largest absolute Gasteiger partial charge is 0.320 e. The molecule has 1 atom stereocenters. The van der Waals surface area contributed by atoms with Crippen molar-refractivity contribution in [3.63, 3.8) is 0 Å². The molecule has 0 bridgehead atoms. The van der Waals surface area contributed by atoms with Crippen molar-refractivity contribution in [1.29, 1.82) is 0 Å². The SMILES string of the molecule is C=CC(=O)N1CCC1[NH+](C)C. The first-order chi connectivity index (χ1) is 5.16. The lowest BCUT2D eigenvalue weighted by Gasteiger charge is -2.40. The van der Waals surface area contributed by atoms with E-state index in [1.807, 2.05) is 4.90 Å². The van der Waals surface area contributed by atoms with E-state index in [9.17, 15) is 4.79 Å². The second kappa shape index (κ2) is 3.05. The third kappa shape index (κ3) is 1.43. The van der Waals surface area contributed by atoms with Crippen molar-refractivity contribution in [3.8, 4) is 0 Å². The summed E-state index contributed by atoms with van der Waals surface area (Å²) < 4.78 is 0. The normalized spacial score (nSPS) is 23.2. The van der Waals surface area contributed by atoms with Gasteiger partial charge in [0.25, 0.3) is 0 Å². The third-order valence-corrected chi connectivity index (χ3v) is 2.14. The average molecular weight is 155 g/mol. The van der Waals surface area contributed by atoms with Crippen molar-refractivity contribution in [2.24, 2.45) is 0 Å². The molecule has 1 rings (SSSR count). The Bertz CT molecular complexity index is 177. The van der Waals surface area contributed by atoms with Crippen molar-refractivity contribution in [2.45, 2.75) is 12.6 Å². The highest BCUT2D eigenvalue weighted by Crippen LogP contribution is 2.11. The van der Waals surface area contributed by atoms with Crippen LogP contribution in [-0.2, 0) is 4.79 Å². The monoisotopic (exact) mass is 155 g/mol. The van der Waals surface area contributed by atoms with E-state index >= 15 is 0 Å². The van der Waals surface area contributed by atoms with Gasteiger partial charge in [0.15, 0.2) is 6.17 Å². The maximum absolute atomic E-state index is 11.1. The molecule has 1 saturated heterocycles. The van der Waals surface area contributed by atoms with Crippen LogP contribution >= 0.6 is 0 Å². The molecule has 1 heterocycles. The molecule has 1 N–H and O–H groups in total. The standard InChI is InChI=1S/C8H14N2O/c1-4-8(11)10-6-5-7(10)9(2)3/h4,7H,1,5-6H2,2-3H3/p+1. The quantitative estimate of drug-likeness (QED) is 0.502. The lowest BCUT2D eigenvalue weighted by Crippen LogP contribution is -3.14. The van der Waals surface area contributed by atoms with Crippen molar-refractivity contribution in [2.75, 3.05) is 20.6 Å². The second-order valence-electron chi connectivity index (χ2n) is 3.12. The molecule has 0 aromatic rings. The van der Waals surface area contributed by atoms with Crippen molar-refractivity contribution < 1.29 is 9.69 Å². The Labute approximate surface area is 67.3 Å². The smallest absolute Gasteiger partial charge is 0.250 e. The first-order valence-corrected chi connectivity index (χ1v) is 3.90. The Morgan fingerprint density at radius 3 is 2.64 bits per heavy atom. The molecule has 1 fully saturated rings. The van der Waals surface area contributed by atoms with E-state index in [0.717, 1.165) is 13.0 Å². The van der Waals surface area contributed by atoms with Gasteiger partial charge in [-0.15, -0.1) is 0 Å². The molecular weight excluding hydrogens is 140 g/mol. The summed E-state index contributed by atoms with van der Waals surface area (Å²) in [5.74, 6) is 0.0578. The van der Waals surface area contributed by atoms with Gasteiger partial charge >= 0.3 is 0 Å². The predicted octanol–water partition coefficient (Wildman–Crippen LogP) is -1.12. The summed E-state index contributed by atoms with van der Waals surface area (Å²) in [6.45, 7) is 4.35. The number of carbonyl (C=O) groups excluding carboxylic acids is 1. The summed E-state index contributed by atoms with van der Waals surface area (Å²) in [7, 11) is 4.13. The van der Waals surface area contributed by atoms with Crippen LogP contribution in [0, 0.1) is 0 Å². The minimum atomic E-state index is 0.0578. The summed E-state index contributed by atoms with van der Waals surface area (Å²) >= 11 is 0. The minimum absolute atomic E-state index is 0.0578. The molecule has 0 saturated carbocycles. The Balaban J connectivity index is 2.49. The van der Waals surface area contributed by atoms with Crippen molar-refractivity contribution in [3.05, 3.63) is 12.7 Å². The summed E-state index contributed by atoms with van der Waals surface area (Å²) in [5.41, 5.74) is 0. The molecule has 0 aromatic heterocycles. The van der Waals surface area contributed by atoms with Crippen LogP contribution in [0.4, 0.5) is 0 Å². The van der Waals surface area contributed by atoms with E-state index < -0.39 is 0 Å². The highest BCUT2D eigenvalue weighted by atomic mass is 16.2. The van der Waals surface area contributed by atoms with Gasteiger partial charge in [0.05, 0.1) is 14.1 Å². The van der Waals surface area contributed by atoms with Gasteiger partial charge in [0, 0.05) is 13.0 Å². The highest BCUT2D eigenvalue weighted by Gasteiger charge is 2.35. The minimum Gasteiger partial charge on any atom is -0.320 e. The molecule has 0 aliphatic carbocycles. The van der Waals surface area contributed by atoms with Gasteiger partial charge in [-0.1, -0.05) is 6.58 Å². The molecule has 1 unspecified atom stereocenters. The fourth-order valence-corrected chi connectivity index (χ4v) is 1.37. The van der Waals surface area contributed by atoms with Gasteiger partial charge in [-0.2, -0.15) is 0 Å². The number of quaternary nitrogens is 1. The molecule has 1 amide bonds. The first-order valence-electron chi connectivity index (χ1n) is 3.90. The highest BCUT2D eigenvalue weighted by molar-refractivity contribution is 5.87. The molecule has 3 nitrogen and oxygen atoms in total. The number of nitrogens with zero attached hydrogens (tertiary/aromatic N) is 1. The van der Waals surface area contributed by atoms with Crippen molar-refractivity contribution in [1.82, 2.24) is 4.90 Å². The Hall–Kier alpha value is -0.830. The van der Waals surface area contributed by atoms with E-state index in [1.165, 1.54) is 11.0 Å². The zero-order valence-corrected chi connectivity index (χ0v) is 7.13. The number of likely N-dealkylation sites (tertiary alicyclic amines) is 1. The Morgan fingerprint density at radius 2 is 2.36 bits per heavy atom. The maximum atomic E-state index is 11.1. The zero-order chi connectivity index (χ0) is 8.43. The summed E-state index contributed by atoms with van der Waals surface area (Å²) in [6, 6.07) is 0. The van der Waals surface area contributed by atoms with Crippen molar-refractivity contribution >= 4 is 5.91 Å². The number of nitrogens with one attached hydrogen (secondary N) is 1. The molecule has 1 aliphatic rings. The lowest BCUT2D eigenvalue weighted by atomic mass is 10.1. The van der Waals surface area contributed by atoms with E-state index in [4.69, 9.17) is 0 Å². The summed E-state index contributed by atoms with van der Waals surface area (Å²) in [5, 5.41) is 0. The number of rotatable bonds is 2. The van der Waals surface area contributed by atoms with Gasteiger partial charge < -0.3 is 4.90 Å². The molecule has 0 aromatic carbocycles. The third-order valence-electron chi connectivity index (χ3n) is 2.14. The van der Waals surface area contributed by atoms with E-state index in [-0.39, 0.29) is 5.91 Å². The molecular formula is C8H15N2O+. The van der Waals surface area contributed by atoms with Gasteiger partial charge in [-0.05, 0) is 6.08 Å². The lowest BCUT2D eigenvalue weighted by molar-refractivity contribution is -0.904.